The molecule has 110 valence electrons. The van der Waals surface area contributed by atoms with Crippen molar-refractivity contribution >= 4 is 0 Å². The van der Waals surface area contributed by atoms with Crippen LogP contribution >= 0.6 is 0 Å². The van der Waals surface area contributed by atoms with Gasteiger partial charge >= 0.3 is 0 Å². The van der Waals surface area contributed by atoms with Gasteiger partial charge in [0.15, 0.2) is 0 Å². The molecular weight excluding hydrogens is 234 g/mol. The molecule has 1 heterocycles. The molecule has 0 aromatic heterocycles. The lowest BCUT2D eigenvalue weighted by Gasteiger charge is -2.24. The molecule has 3 fully saturated rings. The zero-order valence-electron chi connectivity index (χ0n) is 12.5. The Hall–Kier alpha value is -0.0800. The summed E-state index contributed by atoms with van der Waals surface area (Å²) >= 11 is 0. The SMILES string of the molecule is C1CCC(CCCNCC2CCC3(CCCC3)O2)C1. The second-order valence-corrected chi connectivity index (χ2v) is 7.17. The Morgan fingerprint density at radius 3 is 2.53 bits per heavy atom. The first-order chi connectivity index (χ1) is 9.36. The van der Waals surface area contributed by atoms with Gasteiger partial charge in [-0.05, 0) is 51.0 Å². The summed E-state index contributed by atoms with van der Waals surface area (Å²) in [6.45, 7) is 2.29. The number of ether oxygens (including phenoxy) is 1. The van der Waals surface area contributed by atoms with Crippen molar-refractivity contribution in [3.8, 4) is 0 Å². The normalized spacial score (nSPS) is 30.6. The minimum absolute atomic E-state index is 0.316. The summed E-state index contributed by atoms with van der Waals surface area (Å²) in [6, 6.07) is 0. The fourth-order valence-corrected chi connectivity index (χ4v) is 4.50. The summed E-state index contributed by atoms with van der Waals surface area (Å²) in [5, 5.41) is 3.63. The van der Waals surface area contributed by atoms with Crippen molar-refractivity contribution in [1.29, 1.82) is 0 Å². The van der Waals surface area contributed by atoms with Gasteiger partial charge < -0.3 is 10.1 Å². The summed E-state index contributed by atoms with van der Waals surface area (Å²) in [4.78, 5) is 0. The summed E-state index contributed by atoms with van der Waals surface area (Å²) in [5.41, 5.74) is 0.316. The lowest BCUT2D eigenvalue weighted by atomic mass is 9.98. The van der Waals surface area contributed by atoms with Crippen LogP contribution in [0.4, 0.5) is 0 Å². The molecule has 0 aromatic carbocycles. The molecule has 0 amide bonds. The highest BCUT2D eigenvalue weighted by atomic mass is 16.5. The molecule has 3 rings (SSSR count). The van der Waals surface area contributed by atoms with Crippen LogP contribution in [0.5, 0.6) is 0 Å². The third kappa shape index (κ3) is 3.72. The third-order valence-corrected chi connectivity index (χ3v) is 5.67. The van der Waals surface area contributed by atoms with E-state index in [4.69, 9.17) is 4.74 Å². The van der Waals surface area contributed by atoms with E-state index in [0.29, 0.717) is 11.7 Å². The standard InChI is InChI=1S/C17H31NO/c1-2-7-15(6-1)8-5-13-18-14-16-9-12-17(19-16)10-3-4-11-17/h15-16,18H,1-14H2. The van der Waals surface area contributed by atoms with Gasteiger partial charge in [0.05, 0.1) is 11.7 Å². The van der Waals surface area contributed by atoms with Crippen molar-refractivity contribution < 1.29 is 4.74 Å². The van der Waals surface area contributed by atoms with E-state index in [1.807, 2.05) is 0 Å². The number of rotatable bonds is 6. The van der Waals surface area contributed by atoms with Crippen LogP contribution in [0.25, 0.3) is 0 Å². The molecule has 2 saturated carbocycles. The molecule has 0 aromatic rings. The van der Waals surface area contributed by atoms with Crippen molar-refractivity contribution in [2.24, 2.45) is 5.92 Å². The van der Waals surface area contributed by atoms with Crippen LogP contribution in [-0.2, 0) is 4.74 Å². The Labute approximate surface area is 118 Å². The van der Waals surface area contributed by atoms with E-state index >= 15 is 0 Å². The van der Waals surface area contributed by atoms with Crippen LogP contribution in [-0.4, -0.2) is 24.8 Å². The van der Waals surface area contributed by atoms with Crippen molar-refractivity contribution in [3.63, 3.8) is 0 Å². The summed E-state index contributed by atoms with van der Waals surface area (Å²) in [7, 11) is 0. The molecule has 1 saturated heterocycles. The van der Waals surface area contributed by atoms with Gasteiger partial charge in [-0.2, -0.15) is 0 Å². The molecule has 0 radical (unpaired) electrons. The van der Waals surface area contributed by atoms with Gasteiger partial charge in [-0.25, -0.2) is 0 Å². The topological polar surface area (TPSA) is 21.3 Å². The largest absolute Gasteiger partial charge is 0.370 e. The average Bonchev–Trinajstić information content (AvgIpc) is 3.14. The van der Waals surface area contributed by atoms with Crippen LogP contribution in [0.1, 0.15) is 77.0 Å². The fourth-order valence-electron chi connectivity index (χ4n) is 4.50. The predicted octanol–water partition coefficient (Wildman–Crippen LogP) is 4.04. The molecule has 3 aliphatic rings. The lowest BCUT2D eigenvalue weighted by Crippen LogP contribution is -2.31. The monoisotopic (exact) mass is 265 g/mol. The first-order valence-corrected chi connectivity index (χ1v) is 8.75. The van der Waals surface area contributed by atoms with E-state index in [0.717, 1.165) is 12.5 Å². The second-order valence-electron chi connectivity index (χ2n) is 7.17. The highest BCUT2D eigenvalue weighted by Gasteiger charge is 2.41. The van der Waals surface area contributed by atoms with Crippen molar-refractivity contribution in [3.05, 3.63) is 0 Å². The van der Waals surface area contributed by atoms with Gasteiger partial charge in [0, 0.05) is 6.54 Å². The van der Waals surface area contributed by atoms with E-state index in [2.05, 4.69) is 5.32 Å². The number of hydrogen-bond acceptors (Lipinski definition) is 2. The molecular formula is C17H31NO. The smallest absolute Gasteiger partial charge is 0.0708 e. The van der Waals surface area contributed by atoms with E-state index in [1.165, 1.54) is 83.6 Å². The predicted molar refractivity (Wildman–Crippen MR) is 79.4 cm³/mol. The van der Waals surface area contributed by atoms with Gasteiger partial charge in [-0.3, -0.25) is 0 Å². The minimum atomic E-state index is 0.316. The van der Waals surface area contributed by atoms with Crippen LogP contribution in [0.15, 0.2) is 0 Å². The van der Waals surface area contributed by atoms with E-state index in [1.54, 1.807) is 0 Å². The Morgan fingerprint density at radius 1 is 0.947 bits per heavy atom. The fraction of sp³-hybridized carbons (Fsp3) is 1.00. The summed E-state index contributed by atoms with van der Waals surface area (Å²) in [6.07, 6.45) is 17.3. The molecule has 1 N–H and O–H groups in total. The average molecular weight is 265 g/mol. The van der Waals surface area contributed by atoms with Gasteiger partial charge in [0.25, 0.3) is 0 Å². The first kappa shape index (κ1) is 13.9. The van der Waals surface area contributed by atoms with Crippen LogP contribution in [0.2, 0.25) is 0 Å². The van der Waals surface area contributed by atoms with E-state index < -0.39 is 0 Å². The molecule has 1 unspecified atom stereocenters. The summed E-state index contributed by atoms with van der Waals surface area (Å²) in [5.74, 6) is 1.05. The maximum absolute atomic E-state index is 6.33. The molecule has 2 heteroatoms. The van der Waals surface area contributed by atoms with E-state index in [-0.39, 0.29) is 0 Å². The van der Waals surface area contributed by atoms with Gasteiger partial charge in [0.2, 0.25) is 0 Å². The molecule has 2 aliphatic carbocycles. The van der Waals surface area contributed by atoms with Crippen LogP contribution in [0.3, 0.4) is 0 Å². The number of hydrogen-bond donors (Lipinski definition) is 1. The molecule has 2 nitrogen and oxygen atoms in total. The molecule has 0 bridgehead atoms. The number of nitrogens with one attached hydrogen (secondary N) is 1. The van der Waals surface area contributed by atoms with E-state index in [9.17, 15) is 0 Å². The molecule has 19 heavy (non-hydrogen) atoms. The van der Waals surface area contributed by atoms with Crippen molar-refractivity contribution in [2.45, 2.75) is 88.8 Å². The van der Waals surface area contributed by atoms with Gasteiger partial charge in [0.1, 0.15) is 0 Å². The zero-order valence-corrected chi connectivity index (χ0v) is 12.5. The Balaban J connectivity index is 1.24. The quantitative estimate of drug-likeness (QED) is 0.732. The lowest BCUT2D eigenvalue weighted by molar-refractivity contribution is -0.0350. The van der Waals surface area contributed by atoms with Gasteiger partial charge in [-0.15, -0.1) is 0 Å². The highest BCUT2D eigenvalue weighted by molar-refractivity contribution is 4.93. The van der Waals surface area contributed by atoms with Gasteiger partial charge in [-0.1, -0.05) is 38.5 Å². The minimum Gasteiger partial charge on any atom is -0.370 e. The summed E-state index contributed by atoms with van der Waals surface area (Å²) < 4.78 is 6.33. The molecule has 1 spiro atoms. The molecule has 1 aliphatic heterocycles. The first-order valence-electron chi connectivity index (χ1n) is 8.75. The van der Waals surface area contributed by atoms with Crippen molar-refractivity contribution in [2.75, 3.05) is 13.1 Å². The molecule has 1 atom stereocenters. The van der Waals surface area contributed by atoms with Crippen LogP contribution in [0, 0.1) is 5.92 Å². The Bertz CT molecular complexity index is 266. The Kier molecular flexibility index (Phi) is 4.81. The van der Waals surface area contributed by atoms with Crippen LogP contribution < -0.4 is 5.32 Å². The third-order valence-electron chi connectivity index (χ3n) is 5.67. The maximum atomic E-state index is 6.33. The van der Waals surface area contributed by atoms with Crippen molar-refractivity contribution in [1.82, 2.24) is 5.32 Å². The maximum Gasteiger partial charge on any atom is 0.0708 e. The highest BCUT2D eigenvalue weighted by Crippen LogP contribution is 2.43. The zero-order chi connectivity index (χ0) is 13.0. The Morgan fingerprint density at radius 2 is 1.74 bits per heavy atom. The second kappa shape index (κ2) is 6.58.